The number of nitrogens with zero attached hydrogens (tertiary/aromatic N) is 6. The highest BCUT2D eigenvalue weighted by Crippen LogP contribution is 2.31. The number of amides is 2. The minimum Gasteiger partial charge on any atom is -0.490 e. The first kappa shape index (κ1) is 31.4. The van der Waals surface area contributed by atoms with Gasteiger partial charge in [-0.25, -0.2) is 14.2 Å². The number of carboxylic acids is 1. The molecule has 5 rings (SSSR count). The molecule has 0 spiro atoms. The summed E-state index contributed by atoms with van der Waals surface area (Å²) in [6.07, 6.45) is 3.75. The fraction of sp³-hybridized carbons (Fsp3) is 0.406. The highest BCUT2D eigenvalue weighted by Gasteiger charge is 2.35. The number of pyridine rings is 1. The molecular weight excluding hydrogens is 581 g/mol. The van der Waals surface area contributed by atoms with Crippen LogP contribution in [0.2, 0.25) is 0 Å². The standard InChI is InChI=1S/C32H36FN7O5/c33-27-19-24(8-12-29(27)44-18-13-22-5-10-26(11-6-22)45-21-36-38-34)28(20-30(41)42)40-17-16-39(32(40)43)15-2-4-25-9-7-23-3-1-14-35-31(23)37-25/h5-12,19,28H,1-4,13-18,20-21H2,(H,35,37)(H,41,42)/t28-/m0/s1. The predicted molar refractivity (Wildman–Crippen MR) is 165 cm³/mol. The Morgan fingerprint density at radius 1 is 1.13 bits per heavy atom. The summed E-state index contributed by atoms with van der Waals surface area (Å²) in [6.45, 7) is 2.39. The molecule has 2 aliphatic rings. The van der Waals surface area contributed by atoms with E-state index < -0.39 is 17.8 Å². The van der Waals surface area contributed by atoms with E-state index in [4.69, 9.17) is 20.0 Å². The predicted octanol–water partition coefficient (Wildman–Crippen LogP) is 5.73. The van der Waals surface area contributed by atoms with Gasteiger partial charge >= 0.3 is 12.0 Å². The van der Waals surface area contributed by atoms with Crippen LogP contribution in [0.1, 0.15) is 47.7 Å². The third kappa shape index (κ3) is 8.33. The smallest absolute Gasteiger partial charge is 0.320 e. The Morgan fingerprint density at radius 3 is 2.76 bits per heavy atom. The van der Waals surface area contributed by atoms with Crippen molar-refractivity contribution in [2.24, 2.45) is 5.11 Å². The Balaban J connectivity index is 1.14. The maximum absolute atomic E-state index is 15.1. The second-order valence-corrected chi connectivity index (χ2v) is 11.0. The van der Waals surface area contributed by atoms with Crippen molar-refractivity contribution in [2.75, 3.05) is 44.8 Å². The first-order chi connectivity index (χ1) is 21.9. The molecule has 12 nitrogen and oxygen atoms in total. The lowest BCUT2D eigenvalue weighted by molar-refractivity contribution is -0.138. The lowest BCUT2D eigenvalue weighted by Gasteiger charge is -2.27. The van der Waals surface area contributed by atoms with Crippen molar-refractivity contribution in [3.63, 3.8) is 0 Å². The highest BCUT2D eigenvalue weighted by atomic mass is 19.1. The molecule has 1 saturated heterocycles. The first-order valence-corrected chi connectivity index (χ1v) is 15.1. The topological polar surface area (TPSA) is 153 Å². The molecule has 13 heteroatoms. The number of aliphatic carboxylic acids is 1. The van der Waals surface area contributed by atoms with Crippen molar-refractivity contribution in [1.29, 1.82) is 0 Å². The zero-order chi connectivity index (χ0) is 31.6. The average molecular weight is 618 g/mol. The van der Waals surface area contributed by atoms with Crippen LogP contribution in [0, 0.1) is 5.82 Å². The number of halogens is 1. The van der Waals surface area contributed by atoms with Crippen LogP contribution in [0.3, 0.4) is 0 Å². The van der Waals surface area contributed by atoms with Crippen molar-refractivity contribution in [3.05, 3.63) is 93.2 Å². The van der Waals surface area contributed by atoms with Gasteiger partial charge in [0.25, 0.3) is 0 Å². The van der Waals surface area contributed by atoms with Gasteiger partial charge in [-0.05, 0) is 78.2 Å². The fourth-order valence-corrected chi connectivity index (χ4v) is 5.63. The van der Waals surface area contributed by atoms with Crippen molar-refractivity contribution in [1.82, 2.24) is 14.8 Å². The van der Waals surface area contributed by atoms with Crippen molar-refractivity contribution >= 4 is 17.8 Å². The monoisotopic (exact) mass is 617 g/mol. The molecule has 236 valence electrons. The number of carboxylic acid groups (broad SMARTS) is 1. The lowest BCUT2D eigenvalue weighted by Crippen LogP contribution is -2.36. The Labute approximate surface area is 260 Å². The van der Waals surface area contributed by atoms with E-state index in [0.29, 0.717) is 37.4 Å². The van der Waals surface area contributed by atoms with Crippen LogP contribution < -0.4 is 14.8 Å². The number of azide groups is 1. The molecule has 0 saturated carbocycles. The quantitative estimate of drug-likeness (QED) is 0.125. The minimum atomic E-state index is -1.08. The molecule has 3 heterocycles. The van der Waals surface area contributed by atoms with Crippen LogP contribution >= 0.6 is 0 Å². The number of aryl methyl sites for hydroxylation is 2. The number of benzene rings is 2. The molecule has 2 N–H and O–H groups in total. The number of hydrogen-bond acceptors (Lipinski definition) is 7. The maximum Gasteiger partial charge on any atom is 0.320 e. The van der Waals surface area contributed by atoms with Crippen molar-refractivity contribution in [3.8, 4) is 11.5 Å². The van der Waals surface area contributed by atoms with Crippen LogP contribution in [0.15, 0.2) is 59.7 Å². The number of fused-ring (bicyclic) bond motifs is 1. The van der Waals surface area contributed by atoms with Gasteiger partial charge in [0, 0.05) is 43.2 Å². The molecule has 2 amide bonds. The third-order valence-corrected chi connectivity index (χ3v) is 7.95. The number of anilines is 1. The van der Waals surface area contributed by atoms with Gasteiger partial charge in [0.1, 0.15) is 11.6 Å². The summed E-state index contributed by atoms with van der Waals surface area (Å²) < 4.78 is 26.1. The lowest BCUT2D eigenvalue weighted by atomic mass is 10.0. The zero-order valence-corrected chi connectivity index (χ0v) is 24.9. The summed E-state index contributed by atoms with van der Waals surface area (Å²) in [5.41, 5.74) is 11.9. The average Bonchev–Trinajstić information content (AvgIpc) is 3.40. The zero-order valence-electron chi connectivity index (χ0n) is 24.9. The Hall–Kier alpha value is -5.03. The molecular formula is C32H36FN7O5. The van der Waals surface area contributed by atoms with E-state index >= 15 is 4.39 Å². The van der Waals surface area contributed by atoms with Crippen LogP contribution in [-0.4, -0.2) is 71.4 Å². The Morgan fingerprint density at radius 2 is 1.98 bits per heavy atom. The van der Waals surface area contributed by atoms with Gasteiger partial charge in [-0.1, -0.05) is 29.4 Å². The summed E-state index contributed by atoms with van der Waals surface area (Å²) in [7, 11) is 0. The van der Waals surface area contributed by atoms with E-state index in [1.807, 2.05) is 18.2 Å². The van der Waals surface area contributed by atoms with E-state index in [9.17, 15) is 14.7 Å². The van der Waals surface area contributed by atoms with E-state index in [0.717, 1.165) is 49.3 Å². The molecule has 1 atom stereocenters. The minimum absolute atomic E-state index is 0.0440. The summed E-state index contributed by atoms with van der Waals surface area (Å²) in [5, 5.41) is 16.3. The van der Waals surface area contributed by atoms with Gasteiger partial charge in [0.2, 0.25) is 0 Å². The molecule has 0 radical (unpaired) electrons. The maximum atomic E-state index is 15.1. The van der Waals surface area contributed by atoms with Gasteiger partial charge in [-0.2, -0.15) is 0 Å². The van der Waals surface area contributed by atoms with E-state index in [2.05, 4.69) is 21.4 Å². The molecule has 1 fully saturated rings. The summed E-state index contributed by atoms with van der Waals surface area (Å²) in [6, 6.07) is 14.6. The molecule has 0 bridgehead atoms. The number of carbonyl (C=O) groups is 2. The SMILES string of the molecule is [N-]=[N+]=NCOc1ccc(CCOc2ccc([C@H](CC(=O)O)N3CCN(CCCc4ccc5c(n4)NCCC5)C3=O)cc2F)cc1. The first-order valence-electron chi connectivity index (χ1n) is 15.1. The largest absolute Gasteiger partial charge is 0.490 e. The number of nitrogens with one attached hydrogen (secondary N) is 1. The molecule has 2 aromatic carbocycles. The molecule has 0 aliphatic carbocycles. The third-order valence-electron chi connectivity index (χ3n) is 7.95. The number of hydrogen-bond donors (Lipinski definition) is 2. The highest BCUT2D eigenvalue weighted by molar-refractivity contribution is 5.78. The summed E-state index contributed by atoms with van der Waals surface area (Å²) >= 11 is 0. The van der Waals surface area contributed by atoms with Gasteiger partial charge in [-0.3, -0.25) is 4.79 Å². The number of carbonyl (C=O) groups excluding carboxylic acids is 1. The summed E-state index contributed by atoms with van der Waals surface area (Å²) in [5.74, 6) is -0.149. The van der Waals surface area contributed by atoms with Gasteiger partial charge in [0.15, 0.2) is 18.3 Å². The van der Waals surface area contributed by atoms with Crippen molar-refractivity contribution in [2.45, 2.75) is 44.6 Å². The van der Waals surface area contributed by atoms with E-state index in [1.54, 1.807) is 23.1 Å². The van der Waals surface area contributed by atoms with Crippen molar-refractivity contribution < 1.29 is 28.6 Å². The number of urea groups is 1. The fourth-order valence-electron chi connectivity index (χ4n) is 5.63. The summed E-state index contributed by atoms with van der Waals surface area (Å²) in [4.78, 5) is 35.7. The van der Waals surface area contributed by atoms with Gasteiger partial charge in [0.05, 0.1) is 19.1 Å². The number of ether oxygens (including phenoxy) is 2. The molecule has 0 unspecified atom stereocenters. The second kappa shape index (κ2) is 15.1. The number of aromatic nitrogens is 1. The number of rotatable bonds is 15. The molecule has 2 aliphatic heterocycles. The molecule has 45 heavy (non-hydrogen) atoms. The van der Waals surface area contributed by atoms with Crippen LogP contribution in [0.25, 0.3) is 10.4 Å². The van der Waals surface area contributed by atoms with Crippen LogP contribution in [0.5, 0.6) is 11.5 Å². The normalized spacial score (nSPS) is 14.7. The Kier molecular flexibility index (Phi) is 10.5. The van der Waals surface area contributed by atoms with Crippen LogP contribution in [0.4, 0.5) is 15.0 Å². The second-order valence-electron chi connectivity index (χ2n) is 11.0. The van der Waals surface area contributed by atoms with E-state index in [-0.39, 0.29) is 31.5 Å². The van der Waals surface area contributed by atoms with Crippen LogP contribution in [-0.2, 0) is 24.1 Å². The van der Waals surface area contributed by atoms with E-state index in [1.165, 1.54) is 22.6 Å². The van der Waals surface area contributed by atoms with Gasteiger partial charge in [-0.15, -0.1) is 0 Å². The Bertz CT molecular complexity index is 1550. The molecule has 1 aromatic heterocycles. The van der Waals surface area contributed by atoms with Gasteiger partial charge < -0.3 is 29.7 Å². The molecule has 3 aromatic rings.